The van der Waals surface area contributed by atoms with Gasteiger partial charge in [-0.05, 0) is 31.2 Å². The molecule has 0 radical (unpaired) electrons. The monoisotopic (exact) mass is 294 g/mol. The van der Waals surface area contributed by atoms with Gasteiger partial charge in [-0.1, -0.05) is 19.3 Å². The minimum atomic E-state index is -0.270. The molecule has 1 aliphatic carbocycles. The van der Waals surface area contributed by atoms with Gasteiger partial charge in [-0.25, -0.2) is 0 Å². The molecule has 6 nitrogen and oxygen atoms in total. The second-order valence-electron chi connectivity index (χ2n) is 6.10. The molecule has 116 valence electrons. The molecule has 1 aliphatic heterocycles. The van der Waals surface area contributed by atoms with Crippen molar-refractivity contribution >= 4 is 5.97 Å². The molecule has 1 aromatic heterocycles. The number of carbonyl (C=O) groups is 1. The molecule has 0 bridgehead atoms. The van der Waals surface area contributed by atoms with Crippen LogP contribution in [-0.2, 0) is 16.0 Å². The van der Waals surface area contributed by atoms with Gasteiger partial charge >= 0.3 is 5.97 Å². The lowest BCUT2D eigenvalue weighted by Gasteiger charge is -2.39. The van der Waals surface area contributed by atoms with Crippen molar-refractivity contribution in [3.05, 3.63) is 22.2 Å². The van der Waals surface area contributed by atoms with E-state index in [4.69, 9.17) is 9.26 Å². The molecule has 3 unspecified atom stereocenters. The first-order valence-corrected chi connectivity index (χ1v) is 7.80. The van der Waals surface area contributed by atoms with Crippen molar-refractivity contribution in [3.8, 4) is 0 Å². The third-order valence-corrected chi connectivity index (χ3v) is 4.68. The van der Waals surface area contributed by atoms with Gasteiger partial charge in [-0.15, -0.1) is 0 Å². The van der Waals surface area contributed by atoms with Crippen molar-refractivity contribution < 1.29 is 14.1 Å². The second-order valence-corrected chi connectivity index (χ2v) is 6.10. The summed E-state index contributed by atoms with van der Waals surface area (Å²) in [5.41, 5.74) is -0.270. The summed E-state index contributed by atoms with van der Waals surface area (Å²) >= 11 is 0. The first kappa shape index (κ1) is 14.4. The first-order chi connectivity index (χ1) is 10.2. The Kier molecular flexibility index (Phi) is 4.43. The summed E-state index contributed by atoms with van der Waals surface area (Å²) in [7, 11) is 0. The van der Waals surface area contributed by atoms with E-state index in [0.717, 1.165) is 18.9 Å². The summed E-state index contributed by atoms with van der Waals surface area (Å²) < 4.78 is 10.2. The van der Waals surface area contributed by atoms with E-state index in [0.29, 0.717) is 18.1 Å². The Hall–Kier alpha value is -1.56. The number of aromatic amines is 1. The summed E-state index contributed by atoms with van der Waals surface area (Å²) in [6.45, 7) is 1.17. The maximum absolute atomic E-state index is 12.1. The molecule has 3 rings (SSSR count). The van der Waals surface area contributed by atoms with Crippen LogP contribution in [0.25, 0.3) is 0 Å². The summed E-state index contributed by atoms with van der Waals surface area (Å²) in [5, 5.41) is 5.53. The summed E-state index contributed by atoms with van der Waals surface area (Å²) in [6.07, 6.45) is 6.44. The predicted molar refractivity (Wildman–Crippen MR) is 75.8 cm³/mol. The minimum Gasteiger partial charge on any atom is -0.464 e. The number of esters is 1. The zero-order chi connectivity index (χ0) is 14.7. The van der Waals surface area contributed by atoms with E-state index in [2.05, 4.69) is 10.5 Å². The highest BCUT2D eigenvalue weighted by atomic mass is 16.5. The second kappa shape index (κ2) is 6.47. The third-order valence-electron chi connectivity index (χ3n) is 4.68. The fourth-order valence-electron chi connectivity index (χ4n) is 3.52. The van der Waals surface area contributed by atoms with Crippen LogP contribution in [0.1, 0.15) is 37.9 Å². The Morgan fingerprint density at radius 2 is 2.14 bits per heavy atom. The number of aromatic nitrogens is 1. The molecule has 1 aromatic rings. The molecule has 0 spiro atoms. The van der Waals surface area contributed by atoms with E-state index in [9.17, 15) is 9.59 Å². The van der Waals surface area contributed by atoms with Crippen LogP contribution in [0, 0.1) is 11.8 Å². The predicted octanol–water partition coefficient (Wildman–Crippen LogP) is 1.22. The van der Waals surface area contributed by atoms with Gasteiger partial charge in [-0.2, -0.15) is 5.16 Å². The van der Waals surface area contributed by atoms with Crippen LogP contribution in [0.2, 0.25) is 0 Å². The number of piperidine rings is 1. The van der Waals surface area contributed by atoms with Gasteiger partial charge in [0.2, 0.25) is 0 Å². The highest BCUT2D eigenvalue weighted by Gasteiger charge is 2.35. The smallest absolute Gasteiger partial charge is 0.323 e. The van der Waals surface area contributed by atoms with Crippen LogP contribution in [0.5, 0.6) is 0 Å². The molecule has 0 aromatic carbocycles. The van der Waals surface area contributed by atoms with Crippen molar-refractivity contribution in [3.63, 3.8) is 0 Å². The molecule has 3 atom stereocenters. The average molecular weight is 294 g/mol. The number of H-pyrrole nitrogens is 1. The van der Waals surface area contributed by atoms with E-state index < -0.39 is 0 Å². The highest BCUT2D eigenvalue weighted by Crippen LogP contribution is 2.35. The fraction of sp³-hybridized carbons (Fsp3) is 0.733. The fourth-order valence-corrected chi connectivity index (χ4v) is 3.52. The van der Waals surface area contributed by atoms with Gasteiger partial charge in [-0.3, -0.25) is 9.59 Å². The maximum atomic E-state index is 12.1. The SMILES string of the molecule is O=C(OCCc1cc(=O)[nH]o1)C1CC2CCCCC2CN1. The van der Waals surface area contributed by atoms with Crippen molar-refractivity contribution in [2.24, 2.45) is 11.8 Å². The Morgan fingerprint density at radius 3 is 2.90 bits per heavy atom. The van der Waals surface area contributed by atoms with Gasteiger partial charge in [0.15, 0.2) is 0 Å². The molecule has 6 heteroatoms. The van der Waals surface area contributed by atoms with E-state index in [1.54, 1.807) is 0 Å². The van der Waals surface area contributed by atoms with Gasteiger partial charge in [0.05, 0.1) is 6.61 Å². The quantitative estimate of drug-likeness (QED) is 0.816. The van der Waals surface area contributed by atoms with E-state index in [-0.39, 0.29) is 24.2 Å². The number of hydrogen-bond donors (Lipinski definition) is 2. The Labute approximate surface area is 123 Å². The third kappa shape index (κ3) is 3.56. The molecular weight excluding hydrogens is 272 g/mol. The number of fused-ring (bicyclic) bond motifs is 1. The lowest BCUT2D eigenvalue weighted by molar-refractivity contribution is -0.147. The molecule has 1 saturated heterocycles. The summed E-state index contributed by atoms with van der Waals surface area (Å²) in [6, 6.07) is 1.20. The van der Waals surface area contributed by atoms with Gasteiger partial charge in [0, 0.05) is 12.5 Å². The van der Waals surface area contributed by atoms with Crippen LogP contribution in [0.3, 0.4) is 0 Å². The van der Waals surface area contributed by atoms with E-state index >= 15 is 0 Å². The molecule has 2 aliphatic rings. The van der Waals surface area contributed by atoms with Crippen molar-refractivity contribution in [2.75, 3.05) is 13.2 Å². The topological polar surface area (TPSA) is 84.3 Å². The van der Waals surface area contributed by atoms with Crippen molar-refractivity contribution in [2.45, 2.75) is 44.6 Å². The van der Waals surface area contributed by atoms with Crippen molar-refractivity contribution in [1.82, 2.24) is 10.5 Å². The highest BCUT2D eigenvalue weighted by molar-refractivity contribution is 5.76. The van der Waals surface area contributed by atoms with E-state index in [1.807, 2.05) is 0 Å². The molecule has 2 heterocycles. The summed E-state index contributed by atoms with van der Waals surface area (Å²) in [4.78, 5) is 23.0. The van der Waals surface area contributed by atoms with Gasteiger partial charge in [0.1, 0.15) is 11.8 Å². The maximum Gasteiger partial charge on any atom is 0.323 e. The summed E-state index contributed by atoms with van der Waals surface area (Å²) in [5.74, 6) is 1.73. The molecule has 21 heavy (non-hydrogen) atoms. The average Bonchev–Trinajstić information content (AvgIpc) is 2.92. The molecule has 2 N–H and O–H groups in total. The largest absolute Gasteiger partial charge is 0.464 e. The molecule has 0 amide bonds. The zero-order valence-electron chi connectivity index (χ0n) is 12.1. The van der Waals surface area contributed by atoms with Crippen LogP contribution in [0.15, 0.2) is 15.4 Å². The molecular formula is C15H22N2O4. The van der Waals surface area contributed by atoms with Crippen LogP contribution in [0.4, 0.5) is 0 Å². The number of hydrogen-bond acceptors (Lipinski definition) is 5. The van der Waals surface area contributed by atoms with Gasteiger partial charge in [0.25, 0.3) is 5.56 Å². The lowest BCUT2D eigenvalue weighted by atomic mass is 9.74. The Balaban J connectivity index is 1.44. The molecule has 2 fully saturated rings. The van der Waals surface area contributed by atoms with Crippen molar-refractivity contribution in [1.29, 1.82) is 0 Å². The lowest BCUT2D eigenvalue weighted by Crippen LogP contribution is -2.49. The number of ether oxygens (including phenoxy) is 1. The minimum absolute atomic E-state index is 0.178. The van der Waals surface area contributed by atoms with Crippen LogP contribution in [-0.4, -0.2) is 30.3 Å². The van der Waals surface area contributed by atoms with Gasteiger partial charge < -0.3 is 14.6 Å². The van der Waals surface area contributed by atoms with Crippen LogP contribution < -0.4 is 10.9 Å². The Bertz CT molecular complexity index is 536. The zero-order valence-corrected chi connectivity index (χ0v) is 12.1. The Morgan fingerprint density at radius 1 is 1.33 bits per heavy atom. The molecule has 1 saturated carbocycles. The van der Waals surface area contributed by atoms with E-state index in [1.165, 1.54) is 31.7 Å². The number of rotatable bonds is 4. The normalized spacial score (nSPS) is 28.9. The number of nitrogens with one attached hydrogen (secondary N) is 2. The standard InChI is InChI=1S/C15H22N2O4/c18-14-8-12(21-17-14)5-6-20-15(19)13-7-10-3-1-2-4-11(10)9-16-13/h8,10-11,13,16H,1-7,9H2,(H,17,18). The first-order valence-electron chi connectivity index (χ1n) is 7.80. The number of carbonyl (C=O) groups excluding carboxylic acids is 1. The van der Waals surface area contributed by atoms with Crippen LogP contribution >= 0.6 is 0 Å².